The van der Waals surface area contributed by atoms with E-state index >= 15 is 0 Å². The summed E-state index contributed by atoms with van der Waals surface area (Å²) in [6, 6.07) is 12.5. The molecule has 9 nitrogen and oxygen atoms in total. The average molecular weight is 526 g/mol. The van der Waals surface area contributed by atoms with Gasteiger partial charge in [0.05, 0.1) is 12.1 Å². The highest BCUT2D eigenvalue weighted by atomic mass is 35.5. The van der Waals surface area contributed by atoms with Crippen molar-refractivity contribution in [3.8, 4) is 17.1 Å². The lowest BCUT2D eigenvalue weighted by Gasteiger charge is -2.08. The van der Waals surface area contributed by atoms with Crippen molar-refractivity contribution in [2.75, 3.05) is 0 Å². The van der Waals surface area contributed by atoms with Crippen LogP contribution in [0, 0.1) is 0 Å². The summed E-state index contributed by atoms with van der Waals surface area (Å²) in [6.07, 6.45) is -5.71. The molecule has 182 valence electrons. The first-order valence-corrected chi connectivity index (χ1v) is 10.8. The highest BCUT2D eigenvalue weighted by molar-refractivity contribution is 6.31. The average Bonchev–Trinajstić information content (AvgIpc) is 3.34. The van der Waals surface area contributed by atoms with E-state index in [2.05, 4.69) is 15.2 Å². The highest BCUT2D eigenvalue weighted by Gasteiger charge is 2.29. The minimum atomic E-state index is -4.48. The summed E-state index contributed by atoms with van der Waals surface area (Å²) in [5, 5.41) is 9.22. The van der Waals surface area contributed by atoms with Crippen molar-refractivity contribution in [2.24, 2.45) is 5.73 Å². The van der Waals surface area contributed by atoms with Gasteiger partial charge in [0.15, 0.2) is 11.6 Å². The Hall–Kier alpha value is -3.64. The molecule has 0 bridgehead atoms. The summed E-state index contributed by atoms with van der Waals surface area (Å²) in [5.41, 5.74) is 5.41. The van der Waals surface area contributed by atoms with Crippen LogP contribution in [-0.4, -0.2) is 41.2 Å². The van der Waals surface area contributed by atoms with Crippen LogP contribution in [0.15, 0.2) is 53.3 Å². The van der Waals surface area contributed by atoms with Gasteiger partial charge < -0.3 is 5.73 Å². The number of amides is 1. The first kappa shape index (κ1) is 24.5. The number of carbonyl (C=O) groups is 1. The number of alkyl halides is 3. The lowest BCUT2D eigenvalue weighted by atomic mass is 10.2. The lowest BCUT2D eigenvalue weighted by Crippen LogP contribution is -2.27. The van der Waals surface area contributed by atoms with Crippen LogP contribution in [0.25, 0.3) is 17.1 Å². The van der Waals surface area contributed by atoms with Crippen LogP contribution in [0.1, 0.15) is 22.9 Å². The van der Waals surface area contributed by atoms with Crippen molar-refractivity contribution in [3.05, 3.63) is 80.7 Å². The number of aromatic nitrogens is 6. The van der Waals surface area contributed by atoms with Gasteiger partial charge >= 0.3 is 11.9 Å². The molecule has 0 saturated heterocycles. The monoisotopic (exact) mass is 525 g/mol. The molecule has 0 saturated carbocycles. The van der Waals surface area contributed by atoms with Gasteiger partial charge in [0.2, 0.25) is 5.82 Å². The van der Waals surface area contributed by atoms with E-state index in [1.54, 1.807) is 18.2 Å². The third kappa shape index (κ3) is 5.54. The molecule has 0 atom stereocenters. The van der Waals surface area contributed by atoms with E-state index in [9.17, 15) is 22.8 Å². The molecule has 0 aliphatic heterocycles. The molecule has 1 amide bonds. The predicted octanol–water partition coefficient (Wildman–Crippen LogP) is 3.70. The zero-order valence-corrected chi connectivity index (χ0v) is 19.2. The Morgan fingerprint density at radius 1 is 1.03 bits per heavy atom. The fraction of sp³-hybridized carbons (Fsp3) is 0.190. The summed E-state index contributed by atoms with van der Waals surface area (Å²) in [5.74, 6) is -1.09. The second-order valence-corrected chi connectivity index (χ2v) is 8.27. The van der Waals surface area contributed by atoms with Gasteiger partial charge in [-0.15, -0.1) is 10.2 Å². The Kier molecular flexibility index (Phi) is 6.68. The third-order valence-corrected chi connectivity index (χ3v) is 5.35. The minimum absolute atomic E-state index is 0.0102. The summed E-state index contributed by atoms with van der Waals surface area (Å²) in [7, 11) is 0. The highest BCUT2D eigenvalue weighted by Crippen LogP contribution is 2.23. The molecular weight excluding hydrogens is 510 g/mol. The first-order chi connectivity index (χ1) is 16.5. The van der Waals surface area contributed by atoms with Crippen molar-refractivity contribution in [2.45, 2.75) is 25.7 Å². The number of primary amides is 1. The van der Waals surface area contributed by atoms with E-state index < -0.39 is 30.7 Å². The van der Waals surface area contributed by atoms with Gasteiger partial charge in [-0.1, -0.05) is 29.3 Å². The van der Waals surface area contributed by atoms with E-state index in [0.29, 0.717) is 21.3 Å². The van der Waals surface area contributed by atoms with Gasteiger partial charge in [-0.3, -0.25) is 9.36 Å². The van der Waals surface area contributed by atoms with Crippen molar-refractivity contribution in [3.63, 3.8) is 0 Å². The van der Waals surface area contributed by atoms with Crippen LogP contribution < -0.4 is 11.4 Å². The first-order valence-electron chi connectivity index (χ1n) is 10.0. The van der Waals surface area contributed by atoms with Gasteiger partial charge in [-0.25, -0.2) is 19.1 Å². The maximum absolute atomic E-state index is 13.0. The van der Waals surface area contributed by atoms with Crippen LogP contribution in [0.5, 0.6) is 0 Å². The minimum Gasteiger partial charge on any atom is -0.363 e. The van der Waals surface area contributed by atoms with E-state index in [1.807, 2.05) is 0 Å². The van der Waals surface area contributed by atoms with E-state index in [0.717, 1.165) is 13.9 Å². The molecule has 0 aliphatic carbocycles. The van der Waals surface area contributed by atoms with Crippen molar-refractivity contribution >= 4 is 29.1 Å². The molecule has 0 radical (unpaired) electrons. The molecule has 2 N–H and O–H groups in total. The normalized spacial score (nSPS) is 11.7. The van der Waals surface area contributed by atoms with Crippen molar-refractivity contribution in [1.29, 1.82) is 0 Å². The molecule has 2 aromatic carbocycles. The maximum Gasteiger partial charge on any atom is 0.390 e. The summed E-state index contributed by atoms with van der Waals surface area (Å²) < 4.78 is 41.7. The molecular formula is C21H16Cl2F3N7O2. The Morgan fingerprint density at radius 2 is 1.74 bits per heavy atom. The zero-order valence-electron chi connectivity index (χ0n) is 17.7. The molecule has 14 heteroatoms. The number of benzene rings is 2. The van der Waals surface area contributed by atoms with E-state index in [-0.39, 0.29) is 24.0 Å². The maximum atomic E-state index is 13.0. The standard InChI is InChI=1S/C21H16Cl2F3N7O2/c22-13-6-4-12(5-7-13)18-30-32(20(35)31(18)9-8-21(24,25)26)11-16-28-19(17(27)34)33(29-16)15-3-1-2-14(23)10-15/h1-7,10H,8-9,11H2,(H2,27,34). The second-order valence-electron chi connectivity index (χ2n) is 7.40. The third-order valence-electron chi connectivity index (χ3n) is 4.86. The molecule has 2 heterocycles. The van der Waals surface area contributed by atoms with Crippen LogP contribution in [0.4, 0.5) is 13.2 Å². The number of halogens is 5. The van der Waals surface area contributed by atoms with E-state index in [1.165, 1.54) is 30.3 Å². The topological polar surface area (TPSA) is 114 Å². The smallest absolute Gasteiger partial charge is 0.363 e. The Balaban J connectivity index is 1.75. The summed E-state index contributed by atoms with van der Waals surface area (Å²) in [4.78, 5) is 29.0. The molecule has 0 aliphatic rings. The molecule has 0 unspecified atom stereocenters. The number of hydrogen-bond donors (Lipinski definition) is 1. The van der Waals surface area contributed by atoms with Gasteiger partial charge in [0, 0.05) is 22.2 Å². The Labute approximate surface area is 205 Å². The quantitative estimate of drug-likeness (QED) is 0.395. The molecule has 0 fully saturated rings. The van der Waals surface area contributed by atoms with Crippen molar-refractivity contribution in [1.82, 2.24) is 29.1 Å². The van der Waals surface area contributed by atoms with Crippen molar-refractivity contribution < 1.29 is 18.0 Å². The molecule has 4 aromatic rings. The molecule has 0 spiro atoms. The SMILES string of the molecule is NC(=O)c1nc(Cn2nc(-c3ccc(Cl)cc3)n(CCC(F)(F)F)c2=O)nn1-c1cccc(Cl)c1. The number of carbonyl (C=O) groups excluding carboxylic acids is 1. The Bertz CT molecular complexity index is 1440. The molecule has 4 rings (SSSR count). The van der Waals surface area contributed by atoms with Gasteiger partial charge in [-0.05, 0) is 42.5 Å². The van der Waals surface area contributed by atoms with Gasteiger partial charge in [-0.2, -0.15) is 13.2 Å². The van der Waals surface area contributed by atoms with Crippen LogP contribution in [-0.2, 0) is 13.1 Å². The number of nitrogens with two attached hydrogens (primary N) is 1. The van der Waals surface area contributed by atoms with Crippen LogP contribution >= 0.6 is 23.2 Å². The molecule has 35 heavy (non-hydrogen) atoms. The number of hydrogen-bond acceptors (Lipinski definition) is 5. The second kappa shape index (κ2) is 9.55. The van der Waals surface area contributed by atoms with Crippen LogP contribution in [0.2, 0.25) is 10.0 Å². The van der Waals surface area contributed by atoms with E-state index in [4.69, 9.17) is 28.9 Å². The molecule has 2 aromatic heterocycles. The lowest BCUT2D eigenvalue weighted by molar-refractivity contribution is -0.136. The van der Waals surface area contributed by atoms with Gasteiger partial charge in [0.25, 0.3) is 5.91 Å². The largest absolute Gasteiger partial charge is 0.390 e. The summed E-state index contributed by atoms with van der Waals surface area (Å²) in [6.45, 7) is -0.969. The predicted molar refractivity (Wildman–Crippen MR) is 122 cm³/mol. The number of rotatable bonds is 7. The zero-order chi connectivity index (χ0) is 25.3. The fourth-order valence-electron chi connectivity index (χ4n) is 3.30. The van der Waals surface area contributed by atoms with Crippen LogP contribution in [0.3, 0.4) is 0 Å². The Morgan fingerprint density at radius 3 is 2.37 bits per heavy atom. The fourth-order valence-corrected chi connectivity index (χ4v) is 3.61. The summed E-state index contributed by atoms with van der Waals surface area (Å²) >= 11 is 11.9. The van der Waals surface area contributed by atoms with Gasteiger partial charge in [0.1, 0.15) is 6.54 Å². The number of nitrogens with zero attached hydrogens (tertiary/aromatic N) is 6.